The summed E-state index contributed by atoms with van der Waals surface area (Å²) < 4.78 is 4.92. The number of carbonyl (C=O) groups is 1. The molecule has 4 heteroatoms. The van der Waals surface area contributed by atoms with Crippen LogP contribution in [0.15, 0.2) is 17.1 Å². The van der Waals surface area contributed by atoms with Crippen molar-refractivity contribution in [2.24, 2.45) is 11.8 Å². The van der Waals surface area contributed by atoms with Gasteiger partial charge in [0.1, 0.15) is 6.26 Å². The molecule has 1 fully saturated rings. The fourth-order valence-electron chi connectivity index (χ4n) is 1.91. The highest BCUT2D eigenvalue weighted by atomic mass is 32.2. The van der Waals surface area contributed by atoms with Crippen LogP contribution in [0.3, 0.4) is 0 Å². The first kappa shape index (κ1) is 9.77. The van der Waals surface area contributed by atoms with Crippen LogP contribution in [0, 0.1) is 11.8 Å². The lowest BCUT2D eigenvalue weighted by molar-refractivity contribution is -0.114. The van der Waals surface area contributed by atoms with Gasteiger partial charge < -0.3 is 4.42 Å². The average molecular weight is 211 g/mol. The minimum absolute atomic E-state index is 0.219. The molecule has 2 rings (SSSR count). The summed E-state index contributed by atoms with van der Waals surface area (Å²) >= 11 is 1.46. The third kappa shape index (κ3) is 1.85. The van der Waals surface area contributed by atoms with Crippen molar-refractivity contribution in [3.05, 3.63) is 18.4 Å². The van der Waals surface area contributed by atoms with E-state index in [0.717, 1.165) is 24.3 Å². The maximum absolute atomic E-state index is 11.5. The highest BCUT2D eigenvalue weighted by molar-refractivity contribution is 8.14. The predicted octanol–water partition coefficient (Wildman–Crippen LogP) is 2.13. The summed E-state index contributed by atoms with van der Waals surface area (Å²) in [5.41, 5.74) is 0.962. The monoisotopic (exact) mass is 211 g/mol. The molecule has 14 heavy (non-hydrogen) atoms. The van der Waals surface area contributed by atoms with E-state index < -0.39 is 0 Å². The molecule has 0 N–H and O–H groups in total. The lowest BCUT2D eigenvalue weighted by Gasteiger charge is -2.13. The van der Waals surface area contributed by atoms with Gasteiger partial charge in [-0.1, -0.05) is 18.7 Å². The second-order valence-corrected chi connectivity index (χ2v) is 4.61. The van der Waals surface area contributed by atoms with E-state index in [9.17, 15) is 4.79 Å². The van der Waals surface area contributed by atoms with Gasteiger partial charge in [0.2, 0.25) is 0 Å². The Labute approximate surface area is 87.3 Å². The SMILES string of the molecule is CCC1C(=O)SCC1Cc1cocn1. The summed E-state index contributed by atoms with van der Waals surface area (Å²) in [6.07, 6.45) is 4.92. The van der Waals surface area contributed by atoms with Gasteiger partial charge in [-0.2, -0.15) is 0 Å². The smallest absolute Gasteiger partial charge is 0.192 e. The van der Waals surface area contributed by atoms with Crippen molar-refractivity contribution < 1.29 is 9.21 Å². The molecule has 1 aliphatic heterocycles. The minimum atomic E-state index is 0.219. The third-order valence-electron chi connectivity index (χ3n) is 2.71. The van der Waals surface area contributed by atoms with Crippen LogP contribution in [0.4, 0.5) is 0 Å². The van der Waals surface area contributed by atoms with Crippen LogP contribution in [0.2, 0.25) is 0 Å². The van der Waals surface area contributed by atoms with Gasteiger partial charge in [0, 0.05) is 11.7 Å². The molecule has 1 aromatic heterocycles. The van der Waals surface area contributed by atoms with Crippen molar-refractivity contribution in [3.8, 4) is 0 Å². The molecule has 1 aliphatic rings. The molecule has 0 radical (unpaired) electrons. The molecular weight excluding hydrogens is 198 g/mol. The lowest BCUT2D eigenvalue weighted by atomic mass is 9.89. The predicted molar refractivity (Wildman–Crippen MR) is 54.9 cm³/mol. The molecule has 0 saturated carbocycles. The summed E-state index contributed by atoms with van der Waals surface area (Å²) in [5.74, 6) is 1.60. The molecule has 0 spiro atoms. The van der Waals surface area contributed by atoms with Crippen molar-refractivity contribution in [1.82, 2.24) is 4.98 Å². The summed E-state index contributed by atoms with van der Waals surface area (Å²) in [5, 5.41) is 0.348. The quantitative estimate of drug-likeness (QED) is 0.768. The molecule has 2 unspecified atom stereocenters. The van der Waals surface area contributed by atoms with Crippen LogP contribution >= 0.6 is 11.8 Å². The first-order valence-corrected chi connectivity index (χ1v) is 5.83. The number of thioether (sulfide) groups is 1. The van der Waals surface area contributed by atoms with Gasteiger partial charge in [0.15, 0.2) is 11.5 Å². The van der Waals surface area contributed by atoms with E-state index in [1.54, 1.807) is 6.26 Å². The Balaban J connectivity index is 2.01. The Morgan fingerprint density at radius 3 is 3.21 bits per heavy atom. The largest absolute Gasteiger partial charge is 0.451 e. The van der Waals surface area contributed by atoms with E-state index in [1.807, 2.05) is 0 Å². The van der Waals surface area contributed by atoms with Gasteiger partial charge in [-0.3, -0.25) is 4.79 Å². The van der Waals surface area contributed by atoms with Crippen LogP contribution in [-0.2, 0) is 11.2 Å². The highest BCUT2D eigenvalue weighted by Crippen LogP contribution is 2.35. The Bertz CT molecular complexity index is 310. The van der Waals surface area contributed by atoms with Gasteiger partial charge in [-0.25, -0.2) is 4.98 Å². The maximum Gasteiger partial charge on any atom is 0.192 e. The van der Waals surface area contributed by atoms with Crippen molar-refractivity contribution in [2.75, 3.05) is 5.75 Å². The zero-order valence-corrected chi connectivity index (χ0v) is 8.92. The Kier molecular flexibility index (Phi) is 2.91. The Morgan fingerprint density at radius 1 is 1.71 bits per heavy atom. The molecule has 0 amide bonds. The second-order valence-electron chi connectivity index (χ2n) is 3.59. The molecule has 1 saturated heterocycles. The molecule has 2 atom stereocenters. The van der Waals surface area contributed by atoms with Gasteiger partial charge in [0.05, 0.1) is 5.69 Å². The molecule has 1 aromatic rings. The van der Waals surface area contributed by atoms with Crippen LogP contribution in [-0.4, -0.2) is 15.9 Å². The van der Waals surface area contributed by atoms with E-state index in [-0.39, 0.29) is 5.92 Å². The Morgan fingerprint density at radius 2 is 2.57 bits per heavy atom. The number of oxazole rings is 1. The molecule has 0 aliphatic carbocycles. The highest BCUT2D eigenvalue weighted by Gasteiger charge is 2.34. The number of rotatable bonds is 3. The van der Waals surface area contributed by atoms with Crippen LogP contribution in [0.5, 0.6) is 0 Å². The van der Waals surface area contributed by atoms with E-state index >= 15 is 0 Å². The zero-order chi connectivity index (χ0) is 9.97. The van der Waals surface area contributed by atoms with E-state index in [1.165, 1.54) is 18.2 Å². The second kappa shape index (κ2) is 4.17. The standard InChI is InChI=1S/C10H13NO2S/c1-2-9-7(5-14-10(9)12)3-8-4-13-6-11-8/h4,6-7,9H,2-3,5H2,1H3. The number of hydrogen-bond donors (Lipinski definition) is 0. The first-order valence-electron chi connectivity index (χ1n) is 4.85. The zero-order valence-electron chi connectivity index (χ0n) is 8.10. The van der Waals surface area contributed by atoms with E-state index in [0.29, 0.717) is 11.0 Å². The van der Waals surface area contributed by atoms with Gasteiger partial charge >= 0.3 is 0 Å². The first-order chi connectivity index (χ1) is 6.81. The van der Waals surface area contributed by atoms with Gasteiger partial charge in [0.25, 0.3) is 0 Å². The number of nitrogens with zero attached hydrogens (tertiary/aromatic N) is 1. The van der Waals surface area contributed by atoms with Crippen molar-refractivity contribution in [1.29, 1.82) is 0 Å². The maximum atomic E-state index is 11.5. The molecule has 0 bridgehead atoms. The summed E-state index contributed by atoms with van der Waals surface area (Å²) in [7, 11) is 0. The Hall–Kier alpha value is -0.770. The van der Waals surface area contributed by atoms with E-state index in [4.69, 9.17) is 4.42 Å². The van der Waals surface area contributed by atoms with Gasteiger partial charge in [-0.15, -0.1) is 0 Å². The van der Waals surface area contributed by atoms with E-state index in [2.05, 4.69) is 11.9 Å². The average Bonchev–Trinajstić information content (AvgIpc) is 2.77. The topological polar surface area (TPSA) is 43.1 Å². The number of hydrogen-bond acceptors (Lipinski definition) is 4. The molecule has 3 nitrogen and oxygen atoms in total. The van der Waals surface area contributed by atoms with Gasteiger partial charge in [-0.05, 0) is 18.8 Å². The van der Waals surface area contributed by atoms with Crippen molar-refractivity contribution >= 4 is 16.9 Å². The summed E-state index contributed by atoms with van der Waals surface area (Å²) in [4.78, 5) is 15.5. The normalized spacial score (nSPS) is 27.1. The van der Waals surface area contributed by atoms with Crippen molar-refractivity contribution in [3.63, 3.8) is 0 Å². The molecular formula is C10H13NO2S. The summed E-state index contributed by atoms with van der Waals surface area (Å²) in [6.45, 7) is 2.07. The van der Waals surface area contributed by atoms with Crippen LogP contribution in [0.25, 0.3) is 0 Å². The lowest BCUT2D eigenvalue weighted by Crippen LogP contribution is -2.17. The van der Waals surface area contributed by atoms with Crippen LogP contribution < -0.4 is 0 Å². The van der Waals surface area contributed by atoms with Crippen molar-refractivity contribution in [2.45, 2.75) is 19.8 Å². The third-order valence-corrected chi connectivity index (χ3v) is 3.89. The fourth-order valence-corrected chi connectivity index (χ4v) is 3.21. The molecule has 76 valence electrons. The molecule has 0 aromatic carbocycles. The number of aromatic nitrogens is 1. The minimum Gasteiger partial charge on any atom is -0.451 e. The number of carbonyl (C=O) groups excluding carboxylic acids is 1. The molecule has 2 heterocycles. The van der Waals surface area contributed by atoms with Crippen LogP contribution in [0.1, 0.15) is 19.0 Å². The summed E-state index contributed by atoms with van der Waals surface area (Å²) in [6, 6.07) is 0. The fraction of sp³-hybridized carbons (Fsp3) is 0.600.